The lowest BCUT2D eigenvalue weighted by atomic mass is 10.0. The standard InChI is InChI=1S/C11H21N3O2S.ClH/c1-8(2)3-9(4-12)13-10(15)5-14-7-17-6-11(14)16;/h8-9H,3-7,12H2,1-2H3,(H,13,15);1H. The maximum atomic E-state index is 11.7. The molecule has 1 unspecified atom stereocenters. The molecule has 1 fully saturated rings. The number of nitrogens with one attached hydrogen (secondary N) is 1. The monoisotopic (exact) mass is 295 g/mol. The molecule has 1 aliphatic heterocycles. The first-order valence-electron chi connectivity index (χ1n) is 5.88. The Bertz CT molecular complexity index is 289. The maximum Gasteiger partial charge on any atom is 0.239 e. The minimum Gasteiger partial charge on any atom is -0.351 e. The summed E-state index contributed by atoms with van der Waals surface area (Å²) in [7, 11) is 0. The first kappa shape index (κ1) is 17.5. The summed E-state index contributed by atoms with van der Waals surface area (Å²) in [6, 6.07) is 0.00728. The summed E-state index contributed by atoms with van der Waals surface area (Å²) in [6.45, 7) is 4.78. The number of thioether (sulfide) groups is 1. The molecule has 0 aromatic carbocycles. The molecule has 0 spiro atoms. The van der Waals surface area contributed by atoms with Crippen LogP contribution in [-0.4, -0.2) is 47.5 Å². The van der Waals surface area contributed by atoms with Crippen molar-refractivity contribution in [2.75, 3.05) is 24.7 Å². The zero-order valence-electron chi connectivity index (χ0n) is 10.8. The molecule has 1 saturated heterocycles. The first-order valence-corrected chi connectivity index (χ1v) is 7.03. The van der Waals surface area contributed by atoms with Gasteiger partial charge in [-0.05, 0) is 12.3 Å². The van der Waals surface area contributed by atoms with Crippen molar-refractivity contribution in [3.63, 3.8) is 0 Å². The van der Waals surface area contributed by atoms with E-state index >= 15 is 0 Å². The molecule has 5 nitrogen and oxygen atoms in total. The summed E-state index contributed by atoms with van der Waals surface area (Å²) in [4.78, 5) is 24.6. The topological polar surface area (TPSA) is 75.4 Å². The van der Waals surface area contributed by atoms with E-state index in [2.05, 4.69) is 19.2 Å². The minimum atomic E-state index is -0.114. The van der Waals surface area contributed by atoms with Gasteiger partial charge in [0.25, 0.3) is 0 Å². The molecule has 1 rings (SSSR count). The third-order valence-corrected chi connectivity index (χ3v) is 3.51. The lowest BCUT2D eigenvalue weighted by Gasteiger charge is -2.21. The van der Waals surface area contributed by atoms with Crippen molar-refractivity contribution in [3.8, 4) is 0 Å². The molecule has 1 aliphatic rings. The Hall–Kier alpha value is -0.460. The average molecular weight is 296 g/mol. The molecule has 0 aliphatic carbocycles. The van der Waals surface area contributed by atoms with Gasteiger partial charge in [0.1, 0.15) is 6.54 Å². The highest BCUT2D eigenvalue weighted by atomic mass is 35.5. The maximum absolute atomic E-state index is 11.7. The van der Waals surface area contributed by atoms with Crippen LogP contribution in [0.4, 0.5) is 0 Å². The molecule has 3 N–H and O–H groups in total. The lowest BCUT2D eigenvalue weighted by Crippen LogP contribution is -2.46. The Morgan fingerprint density at radius 1 is 1.56 bits per heavy atom. The Balaban J connectivity index is 0.00000289. The number of amides is 2. The molecular formula is C11H22ClN3O2S. The van der Waals surface area contributed by atoms with Crippen molar-refractivity contribution in [1.29, 1.82) is 0 Å². The van der Waals surface area contributed by atoms with Crippen LogP contribution in [0.25, 0.3) is 0 Å². The zero-order chi connectivity index (χ0) is 12.8. The van der Waals surface area contributed by atoms with Crippen LogP contribution < -0.4 is 11.1 Å². The van der Waals surface area contributed by atoms with Gasteiger partial charge in [-0.15, -0.1) is 24.2 Å². The van der Waals surface area contributed by atoms with Crippen LogP contribution in [0.5, 0.6) is 0 Å². The van der Waals surface area contributed by atoms with Crippen molar-refractivity contribution in [1.82, 2.24) is 10.2 Å². The summed E-state index contributed by atoms with van der Waals surface area (Å²) in [5.74, 6) is 1.52. The summed E-state index contributed by atoms with van der Waals surface area (Å²) in [5.41, 5.74) is 5.61. The van der Waals surface area contributed by atoms with E-state index in [4.69, 9.17) is 5.73 Å². The Kier molecular flexibility index (Phi) is 8.39. The van der Waals surface area contributed by atoms with Crippen LogP contribution in [0.3, 0.4) is 0 Å². The molecule has 0 bridgehead atoms. The molecule has 0 radical (unpaired) electrons. The fourth-order valence-corrected chi connectivity index (χ4v) is 2.67. The second-order valence-corrected chi connectivity index (χ2v) is 5.65. The summed E-state index contributed by atoms with van der Waals surface area (Å²) in [6.07, 6.45) is 0.866. The van der Waals surface area contributed by atoms with Crippen LogP contribution in [0, 0.1) is 5.92 Å². The first-order chi connectivity index (χ1) is 8.02. The molecule has 7 heteroatoms. The van der Waals surface area contributed by atoms with Gasteiger partial charge in [-0.3, -0.25) is 9.59 Å². The Morgan fingerprint density at radius 2 is 2.22 bits per heavy atom. The van der Waals surface area contributed by atoms with E-state index in [1.165, 1.54) is 11.8 Å². The Morgan fingerprint density at radius 3 is 2.67 bits per heavy atom. The number of hydrogen-bond acceptors (Lipinski definition) is 4. The number of rotatable bonds is 6. The van der Waals surface area contributed by atoms with Crippen molar-refractivity contribution in [2.45, 2.75) is 26.3 Å². The van der Waals surface area contributed by atoms with E-state index in [0.717, 1.165) is 6.42 Å². The van der Waals surface area contributed by atoms with Crippen LogP contribution in [0.2, 0.25) is 0 Å². The highest BCUT2D eigenvalue weighted by molar-refractivity contribution is 8.00. The summed E-state index contributed by atoms with van der Waals surface area (Å²) in [5, 5.41) is 2.88. The van der Waals surface area contributed by atoms with Crippen LogP contribution in [0.1, 0.15) is 20.3 Å². The quantitative estimate of drug-likeness (QED) is 0.745. The molecule has 2 amide bonds. The molecule has 1 heterocycles. The largest absolute Gasteiger partial charge is 0.351 e. The smallest absolute Gasteiger partial charge is 0.239 e. The predicted octanol–water partition coefficient (Wildman–Crippen LogP) is 0.431. The molecule has 106 valence electrons. The number of halogens is 1. The van der Waals surface area contributed by atoms with Crippen LogP contribution in [0.15, 0.2) is 0 Å². The highest BCUT2D eigenvalue weighted by Crippen LogP contribution is 2.14. The fraction of sp³-hybridized carbons (Fsp3) is 0.818. The van der Waals surface area contributed by atoms with Gasteiger partial charge in [0.05, 0.1) is 11.6 Å². The predicted molar refractivity (Wildman–Crippen MR) is 76.7 cm³/mol. The molecular weight excluding hydrogens is 274 g/mol. The zero-order valence-corrected chi connectivity index (χ0v) is 12.5. The van der Waals surface area contributed by atoms with Gasteiger partial charge in [-0.1, -0.05) is 13.8 Å². The highest BCUT2D eigenvalue weighted by Gasteiger charge is 2.23. The third kappa shape index (κ3) is 5.93. The third-order valence-electron chi connectivity index (χ3n) is 2.57. The second kappa shape index (κ2) is 8.61. The minimum absolute atomic E-state index is 0. The number of carbonyl (C=O) groups is 2. The molecule has 0 saturated carbocycles. The van der Waals surface area contributed by atoms with E-state index in [-0.39, 0.29) is 36.8 Å². The number of hydrogen-bond donors (Lipinski definition) is 2. The lowest BCUT2D eigenvalue weighted by molar-refractivity contribution is -0.132. The van der Waals surface area contributed by atoms with Gasteiger partial charge < -0.3 is 16.0 Å². The molecule has 18 heavy (non-hydrogen) atoms. The van der Waals surface area contributed by atoms with Gasteiger partial charge in [0.2, 0.25) is 11.8 Å². The average Bonchev–Trinajstić information content (AvgIpc) is 2.62. The number of nitrogens with two attached hydrogens (primary N) is 1. The van der Waals surface area contributed by atoms with Gasteiger partial charge >= 0.3 is 0 Å². The Labute approximate surface area is 119 Å². The molecule has 0 aromatic heterocycles. The van der Waals surface area contributed by atoms with Crippen LogP contribution >= 0.6 is 24.2 Å². The molecule has 1 atom stereocenters. The number of nitrogens with zero attached hydrogens (tertiary/aromatic N) is 1. The summed E-state index contributed by atoms with van der Waals surface area (Å²) >= 11 is 1.54. The van der Waals surface area contributed by atoms with E-state index in [1.54, 1.807) is 4.90 Å². The normalized spacial score (nSPS) is 16.7. The van der Waals surface area contributed by atoms with Crippen LogP contribution in [-0.2, 0) is 9.59 Å². The van der Waals surface area contributed by atoms with Gasteiger partial charge in [-0.25, -0.2) is 0 Å². The number of carbonyl (C=O) groups excluding carboxylic acids is 2. The van der Waals surface area contributed by atoms with Crippen molar-refractivity contribution in [2.24, 2.45) is 11.7 Å². The van der Waals surface area contributed by atoms with E-state index in [9.17, 15) is 9.59 Å². The van der Waals surface area contributed by atoms with Gasteiger partial charge in [-0.2, -0.15) is 0 Å². The van der Waals surface area contributed by atoms with Gasteiger partial charge in [0.15, 0.2) is 0 Å². The van der Waals surface area contributed by atoms with Gasteiger partial charge in [0, 0.05) is 12.6 Å². The van der Waals surface area contributed by atoms with E-state index in [0.29, 0.717) is 24.1 Å². The van der Waals surface area contributed by atoms with Crippen molar-refractivity contribution in [3.05, 3.63) is 0 Å². The SMILES string of the molecule is CC(C)CC(CN)NC(=O)CN1CSCC1=O.Cl. The second-order valence-electron chi connectivity index (χ2n) is 4.70. The summed E-state index contributed by atoms with van der Waals surface area (Å²) < 4.78 is 0. The molecule has 0 aromatic rings. The van der Waals surface area contributed by atoms with Crippen molar-refractivity contribution < 1.29 is 9.59 Å². The van der Waals surface area contributed by atoms with Crippen molar-refractivity contribution >= 4 is 36.0 Å². The van der Waals surface area contributed by atoms with E-state index in [1.807, 2.05) is 0 Å². The fourth-order valence-electron chi connectivity index (χ4n) is 1.77. The van der Waals surface area contributed by atoms with E-state index < -0.39 is 0 Å².